The molecule has 2 rings (SSSR count). The van der Waals surface area contributed by atoms with Crippen molar-refractivity contribution in [1.29, 1.82) is 0 Å². The summed E-state index contributed by atoms with van der Waals surface area (Å²) in [4.78, 5) is 4.63. The Morgan fingerprint density at radius 2 is 2.00 bits per heavy atom. The van der Waals surface area contributed by atoms with Crippen LogP contribution in [0.3, 0.4) is 0 Å². The van der Waals surface area contributed by atoms with E-state index in [1.165, 1.54) is 69.2 Å². The molecule has 2 heteroatoms. The predicted octanol–water partition coefficient (Wildman–Crippen LogP) is 5.22. The fraction of sp³-hybridized carbons (Fsp3) is 0.750. The van der Waals surface area contributed by atoms with E-state index in [-0.39, 0.29) is 0 Å². The summed E-state index contributed by atoms with van der Waals surface area (Å²) in [7, 11) is 0. The van der Waals surface area contributed by atoms with Gasteiger partial charge in [0.2, 0.25) is 0 Å². The van der Waals surface area contributed by atoms with Crippen molar-refractivity contribution in [3.05, 3.63) is 29.6 Å². The lowest BCUT2D eigenvalue weighted by atomic mass is 9.78. The van der Waals surface area contributed by atoms with Crippen molar-refractivity contribution in [2.24, 2.45) is 5.92 Å². The van der Waals surface area contributed by atoms with Crippen LogP contribution in [0.1, 0.15) is 82.4 Å². The highest BCUT2D eigenvalue weighted by molar-refractivity contribution is 5.21. The molecule has 22 heavy (non-hydrogen) atoms. The number of hydrogen-bond acceptors (Lipinski definition) is 2. The lowest BCUT2D eigenvalue weighted by molar-refractivity contribution is 0.297. The maximum Gasteiger partial charge on any atom is 0.0463 e. The monoisotopic (exact) mass is 302 g/mol. The molecular weight excluding hydrogens is 268 g/mol. The van der Waals surface area contributed by atoms with E-state index in [9.17, 15) is 0 Å². The maximum atomic E-state index is 4.63. The Morgan fingerprint density at radius 3 is 2.64 bits per heavy atom. The minimum atomic E-state index is 0.703. The van der Waals surface area contributed by atoms with Crippen molar-refractivity contribution in [2.45, 2.75) is 84.1 Å². The average molecular weight is 303 g/mol. The molecule has 0 aromatic carbocycles. The van der Waals surface area contributed by atoms with Gasteiger partial charge in [0.25, 0.3) is 0 Å². The molecule has 124 valence electrons. The van der Waals surface area contributed by atoms with Crippen LogP contribution in [0.25, 0.3) is 0 Å². The van der Waals surface area contributed by atoms with E-state index >= 15 is 0 Å². The molecule has 0 radical (unpaired) electrons. The molecule has 1 N–H and O–H groups in total. The number of hydrogen-bond donors (Lipinski definition) is 1. The lowest BCUT2D eigenvalue weighted by Crippen LogP contribution is -2.30. The number of rotatable bonds is 8. The zero-order valence-electron chi connectivity index (χ0n) is 14.8. The molecule has 1 fully saturated rings. The molecule has 1 saturated carbocycles. The Labute approximate surface area is 137 Å². The molecule has 1 unspecified atom stereocenters. The predicted molar refractivity (Wildman–Crippen MR) is 95.3 cm³/mol. The summed E-state index contributed by atoms with van der Waals surface area (Å²) >= 11 is 0. The van der Waals surface area contributed by atoms with Crippen LogP contribution < -0.4 is 5.32 Å². The van der Waals surface area contributed by atoms with Gasteiger partial charge >= 0.3 is 0 Å². The summed E-state index contributed by atoms with van der Waals surface area (Å²) in [5.41, 5.74) is 2.73. The molecule has 0 bridgehead atoms. The van der Waals surface area contributed by atoms with Gasteiger partial charge < -0.3 is 5.32 Å². The van der Waals surface area contributed by atoms with Gasteiger partial charge in [-0.25, -0.2) is 0 Å². The molecule has 1 heterocycles. The number of nitrogens with zero attached hydrogens (tertiary/aromatic N) is 1. The molecule has 1 aromatic heterocycles. The standard InChI is InChI=1S/C20H34N2/c1-4-7-19(5-2)21-15-13-17-9-11-18(12-10-17)20-16(3)8-6-14-22-20/h6,8,14,17-19,21H,4-5,7,9-13,15H2,1-3H3. The van der Waals surface area contributed by atoms with E-state index in [1.54, 1.807) is 0 Å². The SMILES string of the molecule is CCCC(CC)NCCC1CCC(c2ncccc2C)CC1. The topological polar surface area (TPSA) is 24.9 Å². The van der Waals surface area contributed by atoms with Crippen LogP contribution in [0.15, 0.2) is 18.3 Å². The third kappa shape index (κ3) is 5.08. The summed E-state index contributed by atoms with van der Waals surface area (Å²) < 4.78 is 0. The molecule has 1 aromatic rings. The minimum absolute atomic E-state index is 0.703. The van der Waals surface area contributed by atoms with E-state index in [0.29, 0.717) is 5.92 Å². The van der Waals surface area contributed by atoms with Gasteiger partial charge in [0.15, 0.2) is 0 Å². The van der Waals surface area contributed by atoms with Gasteiger partial charge in [-0.3, -0.25) is 4.98 Å². The molecule has 1 atom stereocenters. The molecule has 2 nitrogen and oxygen atoms in total. The van der Waals surface area contributed by atoms with Gasteiger partial charge in [0, 0.05) is 23.9 Å². The van der Waals surface area contributed by atoms with E-state index < -0.39 is 0 Å². The quantitative estimate of drug-likeness (QED) is 0.712. The van der Waals surface area contributed by atoms with Gasteiger partial charge in [0.1, 0.15) is 0 Å². The summed E-state index contributed by atoms with van der Waals surface area (Å²) in [5, 5.41) is 3.76. The molecule has 0 saturated heterocycles. The Morgan fingerprint density at radius 1 is 1.23 bits per heavy atom. The van der Waals surface area contributed by atoms with E-state index in [1.807, 2.05) is 6.20 Å². The summed E-state index contributed by atoms with van der Waals surface area (Å²) in [6.07, 6.45) is 12.6. The van der Waals surface area contributed by atoms with Gasteiger partial charge in [0.05, 0.1) is 0 Å². The van der Waals surface area contributed by atoms with Crippen LogP contribution in [0.4, 0.5) is 0 Å². The summed E-state index contributed by atoms with van der Waals surface area (Å²) in [6, 6.07) is 4.99. The van der Waals surface area contributed by atoms with Crippen LogP contribution in [-0.2, 0) is 0 Å². The zero-order chi connectivity index (χ0) is 15.8. The van der Waals surface area contributed by atoms with E-state index in [2.05, 4.69) is 43.2 Å². The largest absolute Gasteiger partial charge is 0.314 e. The summed E-state index contributed by atoms with van der Waals surface area (Å²) in [6.45, 7) is 7.99. The first-order valence-corrected chi connectivity index (χ1v) is 9.39. The Bertz CT molecular complexity index is 421. The van der Waals surface area contributed by atoms with Crippen molar-refractivity contribution in [3.8, 4) is 0 Å². The Kier molecular flexibility index (Phi) is 7.38. The molecule has 1 aliphatic rings. The first kappa shape index (κ1) is 17.5. The van der Waals surface area contributed by atoms with Crippen molar-refractivity contribution < 1.29 is 0 Å². The lowest BCUT2D eigenvalue weighted by Gasteiger charge is -2.29. The second kappa shape index (κ2) is 9.29. The zero-order valence-corrected chi connectivity index (χ0v) is 14.8. The highest BCUT2D eigenvalue weighted by Gasteiger charge is 2.24. The van der Waals surface area contributed by atoms with Crippen molar-refractivity contribution in [2.75, 3.05) is 6.54 Å². The first-order chi connectivity index (χ1) is 10.7. The maximum absolute atomic E-state index is 4.63. The van der Waals surface area contributed by atoms with Gasteiger partial charge in [-0.15, -0.1) is 0 Å². The van der Waals surface area contributed by atoms with Crippen LogP contribution in [-0.4, -0.2) is 17.6 Å². The highest BCUT2D eigenvalue weighted by Crippen LogP contribution is 2.37. The number of pyridine rings is 1. The van der Waals surface area contributed by atoms with Crippen molar-refractivity contribution in [3.63, 3.8) is 0 Å². The molecular formula is C20H34N2. The van der Waals surface area contributed by atoms with Crippen molar-refractivity contribution >= 4 is 0 Å². The van der Waals surface area contributed by atoms with Crippen LogP contribution in [0, 0.1) is 12.8 Å². The van der Waals surface area contributed by atoms with E-state index in [0.717, 1.165) is 12.0 Å². The minimum Gasteiger partial charge on any atom is -0.314 e. The second-order valence-corrected chi connectivity index (χ2v) is 7.06. The van der Waals surface area contributed by atoms with Crippen molar-refractivity contribution in [1.82, 2.24) is 10.3 Å². The van der Waals surface area contributed by atoms with E-state index in [4.69, 9.17) is 0 Å². The normalized spacial score (nSPS) is 23.4. The Hall–Kier alpha value is -0.890. The molecule has 0 amide bonds. The van der Waals surface area contributed by atoms with Gasteiger partial charge in [-0.1, -0.05) is 26.3 Å². The van der Waals surface area contributed by atoms with Crippen LogP contribution in [0.2, 0.25) is 0 Å². The molecule has 0 spiro atoms. The summed E-state index contributed by atoms with van der Waals surface area (Å²) in [5.74, 6) is 1.63. The average Bonchev–Trinajstić information content (AvgIpc) is 2.55. The van der Waals surface area contributed by atoms with Gasteiger partial charge in [-0.2, -0.15) is 0 Å². The molecule has 1 aliphatic carbocycles. The third-order valence-corrected chi connectivity index (χ3v) is 5.40. The highest BCUT2D eigenvalue weighted by atomic mass is 14.9. The number of aryl methyl sites for hydroxylation is 1. The third-order valence-electron chi connectivity index (χ3n) is 5.40. The van der Waals surface area contributed by atoms with Crippen LogP contribution >= 0.6 is 0 Å². The van der Waals surface area contributed by atoms with Crippen LogP contribution in [0.5, 0.6) is 0 Å². The Balaban J connectivity index is 1.70. The first-order valence-electron chi connectivity index (χ1n) is 9.39. The number of nitrogens with one attached hydrogen (secondary N) is 1. The number of aromatic nitrogens is 1. The van der Waals surface area contributed by atoms with Gasteiger partial charge in [-0.05, 0) is 76.0 Å². The fourth-order valence-electron chi connectivity index (χ4n) is 3.94. The smallest absolute Gasteiger partial charge is 0.0463 e. The fourth-order valence-corrected chi connectivity index (χ4v) is 3.94. The molecule has 0 aliphatic heterocycles. The second-order valence-electron chi connectivity index (χ2n) is 7.06.